The number of nitrogens with zero attached hydrogens (tertiary/aromatic N) is 2. The number of benzene rings is 3. The Balaban J connectivity index is 0.00000208. The molecule has 3 rings (SSSR count). The zero-order chi connectivity index (χ0) is 16.3. The summed E-state index contributed by atoms with van der Waals surface area (Å²) in [4.78, 5) is 0.792. The van der Waals surface area contributed by atoms with Crippen LogP contribution in [-0.2, 0) is 10.1 Å². The van der Waals surface area contributed by atoms with E-state index < -0.39 is 10.1 Å². The second kappa shape index (κ2) is 8.24. The van der Waals surface area contributed by atoms with Crippen molar-refractivity contribution in [2.75, 3.05) is 0 Å². The fraction of sp³-hybridized carbons (Fsp3) is 0. The van der Waals surface area contributed by atoms with Gasteiger partial charge in [0.1, 0.15) is 0 Å². The maximum absolute atomic E-state index is 10.9. The van der Waals surface area contributed by atoms with E-state index in [9.17, 15) is 8.42 Å². The van der Waals surface area contributed by atoms with E-state index in [2.05, 4.69) is 9.63 Å². The summed E-state index contributed by atoms with van der Waals surface area (Å²) in [7, 11) is -4.18. The van der Waals surface area contributed by atoms with Gasteiger partial charge in [0.2, 0.25) is 0 Å². The van der Waals surface area contributed by atoms with Gasteiger partial charge < -0.3 is 0 Å². The van der Waals surface area contributed by atoms with Gasteiger partial charge in [0.05, 0.1) is 10.6 Å². The minimum absolute atomic E-state index is 0. The van der Waals surface area contributed by atoms with Crippen LogP contribution in [0.1, 0.15) is 0 Å². The second-order valence-electron chi connectivity index (χ2n) is 4.75. The van der Waals surface area contributed by atoms with Crippen LogP contribution in [0.25, 0.3) is 10.8 Å². The Morgan fingerprint density at radius 3 is 2.21 bits per heavy atom. The van der Waals surface area contributed by atoms with Crippen molar-refractivity contribution in [3.05, 3.63) is 66.7 Å². The van der Waals surface area contributed by atoms with Crippen LogP contribution in [0.2, 0.25) is 0 Å². The van der Waals surface area contributed by atoms with E-state index in [1.165, 1.54) is 36.2 Å². The molecule has 0 unspecified atom stereocenters. The third-order valence-electron chi connectivity index (χ3n) is 3.16. The summed E-state index contributed by atoms with van der Waals surface area (Å²) in [6, 6.07) is 19.6. The molecule has 0 saturated carbocycles. The first-order valence-electron chi connectivity index (χ1n) is 6.67. The summed E-state index contributed by atoms with van der Waals surface area (Å²) in [6.07, 6.45) is 0. The van der Waals surface area contributed by atoms with Crippen LogP contribution in [0, 0.1) is 0 Å². The first kappa shape index (κ1) is 19.1. The fourth-order valence-corrected chi connectivity index (χ4v) is 3.04. The molecule has 0 aromatic heterocycles. The van der Waals surface area contributed by atoms with Crippen LogP contribution in [0.15, 0.2) is 86.2 Å². The van der Waals surface area contributed by atoms with Crippen molar-refractivity contribution in [1.82, 2.24) is 0 Å². The molecule has 1 radical (unpaired) electrons. The van der Waals surface area contributed by atoms with E-state index in [1.807, 2.05) is 42.5 Å². The summed E-state index contributed by atoms with van der Waals surface area (Å²) >= 11 is 1.23. The maximum Gasteiger partial charge on any atom is 0.294 e. The van der Waals surface area contributed by atoms with Crippen LogP contribution in [0.5, 0.6) is 0 Å². The molecule has 0 aliphatic rings. The van der Waals surface area contributed by atoms with Crippen molar-refractivity contribution in [3.8, 4) is 0 Å². The van der Waals surface area contributed by atoms with Crippen molar-refractivity contribution >= 4 is 68.1 Å². The predicted molar refractivity (Wildman–Crippen MR) is 96.3 cm³/mol. The van der Waals surface area contributed by atoms with Gasteiger partial charge in [0.15, 0.2) is 0 Å². The minimum Gasteiger partial charge on any atom is -0.282 e. The largest absolute Gasteiger partial charge is 0.294 e. The van der Waals surface area contributed by atoms with Crippen LogP contribution in [0.4, 0.5) is 5.69 Å². The molecule has 0 aliphatic heterocycles. The molecular formula is C16H12N2NaO3S2. The average Bonchev–Trinajstić information content (AvgIpc) is 2.54. The van der Waals surface area contributed by atoms with Crippen molar-refractivity contribution in [2.24, 2.45) is 9.63 Å². The van der Waals surface area contributed by atoms with E-state index >= 15 is 0 Å². The van der Waals surface area contributed by atoms with E-state index in [0.29, 0.717) is 5.69 Å². The van der Waals surface area contributed by atoms with Crippen molar-refractivity contribution < 1.29 is 13.0 Å². The SMILES string of the molecule is O=S(=O)(O)c1ccc(N=NSc2ccc3ccccc3c2)cc1.[Na]. The average molecular weight is 367 g/mol. The molecule has 117 valence electrons. The second-order valence-corrected chi connectivity index (χ2v) is 6.99. The van der Waals surface area contributed by atoms with Gasteiger partial charge in [-0.3, -0.25) is 4.55 Å². The van der Waals surface area contributed by atoms with E-state index in [1.54, 1.807) is 0 Å². The minimum atomic E-state index is -4.18. The monoisotopic (exact) mass is 367 g/mol. The van der Waals surface area contributed by atoms with Crippen LogP contribution in [-0.4, -0.2) is 42.5 Å². The molecule has 0 amide bonds. The molecule has 1 N–H and O–H groups in total. The molecule has 0 bridgehead atoms. The first-order valence-corrected chi connectivity index (χ1v) is 8.88. The van der Waals surface area contributed by atoms with Crippen LogP contribution < -0.4 is 0 Å². The van der Waals surface area contributed by atoms with Crippen LogP contribution in [0.3, 0.4) is 0 Å². The fourth-order valence-electron chi connectivity index (χ4n) is 2.02. The summed E-state index contributed by atoms with van der Waals surface area (Å²) < 4.78 is 34.8. The summed E-state index contributed by atoms with van der Waals surface area (Å²) in [5.74, 6) is 0. The molecule has 5 nitrogen and oxygen atoms in total. The third-order valence-corrected chi connectivity index (χ3v) is 4.65. The zero-order valence-corrected chi connectivity index (χ0v) is 16.5. The summed E-state index contributed by atoms with van der Waals surface area (Å²) in [5, 5.41) is 6.31. The molecule has 8 heteroatoms. The molecule has 3 aromatic rings. The molecule has 0 spiro atoms. The molecule has 0 heterocycles. The number of rotatable bonds is 4. The molecular weight excluding hydrogens is 355 g/mol. The molecule has 0 fully saturated rings. The van der Waals surface area contributed by atoms with Gasteiger partial charge in [-0.15, -0.1) is 9.63 Å². The molecule has 0 saturated heterocycles. The van der Waals surface area contributed by atoms with Gasteiger partial charge in [-0.1, -0.05) is 30.3 Å². The van der Waals surface area contributed by atoms with E-state index in [-0.39, 0.29) is 34.5 Å². The zero-order valence-electron chi connectivity index (χ0n) is 12.8. The van der Waals surface area contributed by atoms with Gasteiger partial charge in [0.25, 0.3) is 10.1 Å². The van der Waals surface area contributed by atoms with Gasteiger partial charge in [-0.05, 0) is 47.2 Å². The van der Waals surface area contributed by atoms with E-state index in [4.69, 9.17) is 4.55 Å². The predicted octanol–water partition coefficient (Wildman–Crippen LogP) is 4.50. The Labute approximate surface area is 166 Å². The summed E-state index contributed by atoms with van der Waals surface area (Å²) in [5.41, 5.74) is 0.505. The summed E-state index contributed by atoms with van der Waals surface area (Å²) in [6.45, 7) is 0. The Kier molecular flexibility index (Phi) is 6.56. The van der Waals surface area contributed by atoms with Crippen molar-refractivity contribution in [1.29, 1.82) is 0 Å². The van der Waals surface area contributed by atoms with Crippen molar-refractivity contribution in [3.63, 3.8) is 0 Å². The smallest absolute Gasteiger partial charge is 0.282 e. The topological polar surface area (TPSA) is 79.1 Å². The maximum atomic E-state index is 10.9. The normalized spacial score (nSPS) is 11.5. The Hall–Kier alpha value is -1.22. The Morgan fingerprint density at radius 2 is 1.54 bits per heavy atom. The quantitative estimate of drug-likeness (QED) is 0.319. The van der Waals surface area contributed by atoms with Gasteiger partial charge in [-0.2, -0.15) is 8.42 Å². The molecule has 3 aromatic carbocycles. The van der Waals surface area contributed by atoms with Gasteiger partial charge >= 0.3 is 0 Å². The third kappa shape index (κ3) is 4.89. The number of hydrogen-bond acceptors (Lipinski definition) is 5. The Morgan fingerprint density at radius 1 is 0.875 bits per heavy atom. The van der Waals surface area contributed by atoms with E-state index in [0.717, 1.165) is 15.7 Å². The molecule has 24 heavy (non-hydrogen) atoms. The molecule has 0 aliphatic carbocycles. The van der Waals surface area contributed by atoms with Crippen molar-refractivity contribution in [2.45, 2.75) is 9.79 Å². The van der Waals surface area contributed by atoms with Crippen LogP contribution >= 0.6 is 11.9 Å². The van der Waals surface area contributed by atoms with Gasteiger partial charge in [0, 0.05) is 46.4 Å². The Bertz CT molecular complexity index is 974. The number of hydrogen-bond donors (Lipinski definition) is 1. The molecule has 0 atom stereocenters. The standard InChI is InChI=1S/C16H12N2O3S2.Na/c19-23(20,21)16-9-6-14(7-10-16)17-18-22-15-8-5-12-3-1-2-4-13(12)11-15;/h1-11H,(H,19,20,21);. The first-order chi connectivity index (χ1) is 11.0. The van der Waals surface area contributed by atoms with Gasteiger partial charge in [-0.25, -0.2) is 0 Å². The number of fused-ring (bicyclic) bond motifs is 1.